The number of nitrogens with one attached hydrogen (secondary N) is 2. The van der Waals surface area contributed by atoms with E-state index >= 15 is 0 Å². The number of benzene rings is 3. The van der Waals surface area contributed by atoms with Crippen LogP contribution in [0, 0.1) is 0 Å². The Morgan fingerprint density at radius 3 is 1.97 bits per heavy atom. The molecule has 0 aliphatic heterocycles. The van der Waals surface area contributed by atoms with Gasteiger partial charge in [0, 0.05) is 18.0 Å². The molecule has 0 radical (unpaired) electrons. The van der Waals surface area contributed by atoms with Crippen LogP contribution in [-0.4, -0.2) is 25.0 Å². The average Bonchev–Trinajstić information content (AvgIpc) is 2.78. The Balaban J connectivity index is 1.67. The van der Waals surface area contributed by atoms with Gasteiger partial charge in [0.2, 0.25) is 5.91 Å². The summed E-state index contributed by atoms with van der Waals surface area (Å²) in [5, 5.41) is 5.98. The van der Waals surface area contributed by atoms with Crippen LogP contribution in [0.4, 0.5) is 0 Å². The number of carbonyl (C=O) groups excluding carboxylic acids is 2. The zero-order chi connectivity index (χ0) is 21.3. The molecule has 0 heterocycles. The average molecular weight is 402 g/mol. The molecule has 2 unspecified atom stereocenters. The molecule has 0 bridgehead atoms. The summed E-state index contributed by atoms with van der Waals surface area (Å²) < 4.78 is 5.23. The maximum atomic E-state index is 12.8. The summed E-state index contributed by atoms with van der Waals surface area (Å²) in [7, 11) is 1.62. The first kappa shape index (κ1) is 21.1. The molecule has 30 heavy (non-hydrogen) atoms. The molecule has 2 amide bonds. The van der Waals surface area contributed by atoms with Crippen LogP contribution >= 0.6 is 0 Å². The zero-order valence-corrected chi connectivity index (χ0v) is 17.2. The number of amides is 2. The summed E-state index contributed by atoms with van der Waals surface area (Å²) in [6, 6.07) is 25.8. The molecule has 3 aromatic carbocycles. The van der Waals surface area contributed by atoms with E-state index in [4.69, 9.17) is 4.74 Å². The molecule has 0 aliphatic carbocycles. The molecule has 0 aromatic heterocycles. The lowest BCUT2D eigenvalue weighted by Crippen LogP contribution is -2.38. The smallest absolute Gasteiger partial charge is 0.251 e. The van der Waals surface area contributed by atoms with Crippen molar-refractivity contribution in [1.29, 1.82) is 0 Å². The Kier molecular flexibility index (Phi) is 7.22. The molecule has 2 atom stereocenters. The maximum Gasteiger partial charge on any atom is 0.251 e. The number of hydrogen-bond acceptors (Lipinski definition) is 3. The fourth-order valence-electron chi connectivity index (χ4n) is 3.25. The minimum atomic E-state index is -0.301. The fraction of sp³-hybridized carbons (Fsp3) is 0.200. The molecule has 2 N–H and O–H groups in total. The van der Waals surface area contributed by atoms with Crippen molar-refractivity contribution in [3.8, 4) is 5.75 Å². The molecule has 154 valence electrons. The molecule has 0 saturated heterocycles. The molecule has 0 saturated carbocycles. The predicted octanol–water partition coefficient (Wildman–Crippen LogP) is 4.11. The number of methoxy groups -OCH3 is 1. The highest BCUT2D eigenvalue weighted by atomic mass is 16.5. The molecule has 3 rings (SSSR count). The zero-order valence-electron chi connectivity index (χ0n) is 17.2. The monoisotopic (exact) mass is 402 g/mol. The minimum Gasteiger partial charge on any atom is -0.497 e. The Morgan fingerprint density at radius 2 is 1.37 bits per heavy atom. The third kappa shape index (κ3) is 5.70. The fourth-order valence-corrected chi connectivity index (χ4v) is 3.25. The van der Waals surface area contributed by atoms with Gasteiger partial charge in [-0.2, -0.15) is 0 Å². The molecule has 0 fully saturated rings. The van der Waals surface area contributed by atoms with Crippen LogP contribution in [0.1, 0.15) is 40.9 Å². The summed E-state index contributed by atoms with van der Waals surface area (Å²) in [5.74, 6) is 0.431. The second-order valence-corrected chi connectivity index (χ2v) is 7.13. The summed E-state index contributed by atoms with van der Waals surface area (Å²) in [5.41, 5.74) is 2.51. The molecule has 0 spiro atoms. The van der Waals surface area contributed by atoms with Crippen molar-refractivity contribution in [2.45, 2.75) is 25.4 Å². The number of hydrogen-bond donors (Lipinski definition) is 2. The topological polar surface area (TPSA) is 67.4 Å². The third-order valence-corrected chi connectivity index (χ3v) is 4.79. The van der Waals surface area contributed by atoms with Crippen LogP contribution in [0.25, 0.3) is 0 Å². The second-order valence-electron chi connectivity index (χ2n) is 7.13. The quantitative estimate of drug-likeness (QED) is 0.596. The summed E-state index contributed by atoms with van der Waals surface area (Å²) >= 11 is 0. The van der Waals surface area contributed by atoms with E-state index in [0.717, 1.165) is 16.9 Å². The van der Waals surface area contributed by atoms with Gasteiger partial charge in [-0.05, 0) is 42.3 Å². The van der Waals surface area contributed by atoms with Crippen LogP contribution in [0.3, 0.4) is 0 Å². The largest absolute Gasteiger partial charge is 0.497 e. The van der Waals surface area contributed by atoms with Gasteiger partial charge in [0.25, 0.3) is 5.91 Å². The number of carbonyl (C=O) groups is 2. The van der Waals surface area contributed by atoms with Crippen molar-refractivity contribution in [3.63, 3.8) is 0 Å². The Labute approximate surface area is 177 Å². The van der Waals surface area contributed by atoms with E-state index in [1.807, 2.05) is 79.7 Å². The van der Waals surface area contributed by atoms with Gasteiger partial charge in [-0.3, -0.25) is 9.59 Å². The lowest BCUT2D eigenvalue weighted by atomic mass is 9.98. The highest BCUT2D eigenvalue weighted by Crippen LogP contribution is 2.24. The van der Waals surface area contributed by atoms with Crippen molar-refractivity contribution in [3.05, 3.63) is 102 Å². The first-order valence-corrected chi connectivity index (χ1v) is 9.91. The van der Waals surface area contributed by atoms with E-state index < -0.39 is 0 Å². The van der Waals surface area contributed by atoms with Gasteiger partial charge in [-0.15, -0.1) is 0 Å². The molecule has 0 aliphatic rings. The molecular formula is C25H26N2O3. The predicted molar refractivity (Wildman–Crippen MR) is 117 cm³/mol. The Hall–Kier alpha value is -3.60. The van der Waals surface area contributed by atoms with E-state index in [1.165, 1.54) is 0 Å². The van der Waals surface area contributed by atoms with Gasteiger partial charge in [-0.25, -0.2) is 0 Å². The number of rotatable bonds is 8. The van der Waals surface area contributed by atoms with Crippen LogP contribution in [-0.2, 0) is 4.79 Å². The van der Waals surface area contributed by atoms with Gasteiger partial charge < -0.3 is 15.4 Å². The third-order valence-electron chi connectivity index (χ3n) is 4.79. The van der Waals surface area contributed by atoms with E-state index in [-0.39, 0.29) is 30.3 Å². The van der Waals surface area contributed by atoms with Gasteiger partial charge >= 0.3 is 0 Å². The SMILES string of the molecule is COc1ccc(C(NC(=O)CC(C)NC(=O)c2ccccc2)c2ccccc2)cc1. The second kappa shape index (κ2) is 10.3. The van der Waals surface area contributed by atoms with E-state index in [0.29, 0.717) is 5.56 Å². The Bertz CT molecular complexity index is 957. The first-order valence-electron chi connectivity index (χ1n) is 9.91. The normalized spacial score (nSPS) is 12.5. The molecule has 5 heteroatoms. The van der Waals surface area contributed by atoms with Crippen LogP contribution in [0.2, 0.25) is 0 Å². The van der Waals surface area contributed by atoms with Gasteiger partial charge in [0.1, 0.15) is 5.75 Å². The Morgan fingerprint density at radius 1 is 0.800 bits per heavy atom. The highest BCUT2D eigenvalue weighted by molar-refractivity contribution is 5.94. The van der Waals surface area contributed by atoms with Crippen molar-refractivity contribution in [2.24, 2.45) is 0 Å². The van der Waals surface area contributed by atoms with Gasteiger partial charge in [-0.1, -0.05) is 60.7 Å². The van der Waals surface area contributed by atoms with E-state index in [9.17, 15) is 9.59 Å². The lowest BCUT2D eigenvalue weighted by molar-refractivity contribution is -0.121. The van der Waals surface area contributed by atoms with Crippen molar-refractivity contribution < 1.29 is 14.3 Å². The van der Waals surface area contributed by atoms with Crippen LogP contribution in [0.15, 0.2) is 84.9 Å². The van der Waals surface area contributed by atoms with Gasteiger partial charge in [0.05, 0.1) is 13.2 Å². The summed E-state index contributed by atoms with van der Waals surface area (Å²) in [6.45, 7) is 1.82. The maximum absolute atomic E-state index is 12.8. The van der Waals surface area contributed by atoms with Gasteiger partial charge in [0.15, 0.2) is 0 Å². The summed E-state index contributed by atoms with van der Waals surface area (Å²) in [4.78, 5) is 25.1. The molecular weight excluding hydrogens is 376 g/mol. The van der Waals surface area contributed by atoms with Crippen LogP contribution in [0.5, 0.6) is 5.75 Å². The standard InChI is InChI=1S/C25H26N2O3/c1-18(26-25(29)21-11-7-4-8-12-21)17-23(28)27-24(19-9-5-3-6-10-19)20-13-15-22(30-2)16-14-20/h3-16,18,24H,17H2,1-2H3,(H,26,29)(H,27,28). The first-order chi connectivity index (χ1) is 14.6. The van der Waals surface area contributed by atoms with E-state index in [1.54, 1.807) is 19.2 Å². The summed E-state index contributed by atoms with van der Waals surface area (Å²) in [6.07, 6.45) is 0.179. The molecule has 5 nitrogen and oxygen atoms in total. The lowest BCUT2D eigenvalue weighted by Gasteiger charge is -2.22. The minimum absolute atomic E-state index is 0.138. The van der Waals surface area contributed by atoms with E-state index in [2.05, 4.69) is 10.6 Å². The molecule has 3 aromatic rings. The number of ether oxygens (including phenoxy) is 1. The van der Waals surface area contributed by atoms with Crippen molar-refractivity contribution in [2.75, 3.05) is 7.11 Å². The van der Waals surface area contributed by atoms with Crippen molar-refractivity contribution >= 4 is 11.8 Å². The highest BCUT2D eigenvalue weighted by Gasteiger charge is 2.19. The van der Waals surface area contributed by atoms with Crippen molar-refractivity contribution in [1.82, 2.24) is 10.6 Å². The van der Waals surface area contributed by atoms with Crippen LogP contribution < -0.4 is 15.4 Å².